The summed E-state index contributed by atoms with van der Waals surface area (Å²) in [6.07, 6.45) is 1.41. The van der Waals surface area contributed by atoms with Gasteiger partial charge < -0.3 is 25.2 Å². The van der Waals surface area contributed by atoms with Gasteiger partial charge in [-0.15, -0.1) is 0 Å². The molecule has 2 aromatic carbocycles. The average Bonchev–Trinajstić information content (AvgIpc) is 3.15. The molecule has 4 rings (SSSR count). The summed E-state index contributed by atoms with van der Waals surface area (Å²) in [4.78, 5) is 36.6. The van der Waals surface area contributed by atoms with Crippen LogP contribution in [0, 0.1) is 0 Å². The lowest BCUT2D eigenvalue weighted by molar-refractivity contribution is -0.140. The summed E-state index contributed by atoms with van der Waals surface area (Å²) in [6, 6.07) is 14.7. The maximum atomic E-state index is 12.7. The molecule has 1 fully saturated rings. The number of aliphatic carboxylic acids is 1. The number of alkyl carbamates (subject to hydrolysis) is 1. The van der Waals surface area contributed by atoms with E-state index in [2.05, 4.69) is 10.6 Å². The third kappa shape index (κ3) is 5.39. The van der Waals surface area contributed by atoms with Crippen LogP contribution in [0.15, 0.2) is 48.5 Å². The smallest absolute Gasteiger partial charge is 0.407 e. The average molecular weight is 467 g/mol. The van der Waals surface area contributed by atoms with Gasteiger partial charge in [-0.3, -0.25) is 9.59 Å². The van der Waals surface area contributed by atoms with Crippen molar-refractivity contribution in [1.29, 1.82) is 0 Å². The van der Waals surface area contributed by atoms with E-state index >= 15 is 0 Å². The van der Waals surface area contributed by atoms with Crippen molar-refractivity contribution < 1.29 is 29.0 Å². The minimum atomic E-state index is -1.25. The molecular weight excluding hydrogens is 436 g/mol. The Labute approximate surface area is 198 Å². The van der Waals surface area contributed by atoms with E-state index in [1.165, 1.54) is 0 Å². The summed E-state index contributed by atoms with van der Waals surface area (Å²) in [5, 5.41) is 14.4. The lowest BCUT2D eigenvalue weighted by atomic mass is 9.96. The largest absolute Gasteiger partial charge is 0.481 e. The molecule has 0 saturated carbocycles. The highest BCUT2D eigenvalue weighted by Gasteiger charge is 2.32. The monoisotopic (exact) mass is 466 g/mol. The number of carboxylic acids is 1. The van der Waals surface area contributed by atoms with Crippen LogP contribution in [0.25, 0.3) is 11.1 Å². The quantitative estimate of drug-likeness (QED) is 0.549. The van der Waals surface area contributed by atoms with Crippen LogP contribution in [0.1, 0.15) is 49.7 Å². The number of ether oxygens (including phenoxy) is 2. The molecule has 180 valence electrons. The first-order valence-electron chi connectivity index (χ1n) is 11.6. The number of carboxylic acid groups (broad SMARTS) is 1. The Morgan fingerprint density at radius 3 is 2.32 bits per heavy atom. The van der Waals surface area contributed by atoms with Crippen LogP contribution in [-0.4, -0.2) is 54.5 Å². The van der Waals surface area contributed by atoms with Gasteiger partial charge in [-0.25, -0.2) is 4.79 Å². The number of amides is 2. The van der Waals surface area contributed by atoms with E-state index in [0.29, 0.717) is 6.61 Å². The van der Waals surface area contributed by atoms with E-state index in [9.17, 15) is 19.5 Å². The van der Waals surface area contributed by atoms with E-state index in [4.69, 9.17) is 9.47 Å². The highest BCUT2D eigenvalue weighted by molar-refractivity contribution is 5.89. The highest BCUT2D eigenvalue weighted by atomic mass is 16.5. The molecule has 2 atom stereocenters. The Kier molecular flexibility index (Phi) is 7.17. The molecule has 8 nitrogen and oxygen atoms in total. The molecule has 3 N–H and O–H groups in total. The zero-order valence-corrected chi connectivity index (χ0v) is 19.2. The van der Waals surface area contributed by atoms with Crippen molar-refractivity contribution in [3.05, 3.63) is 59.7 Å². The molecule has 0 bridgehead atoms. The normalized spacial score (nSPS) is 20.0. The third-order valence-electron chi connectivity index (χ3n) is 6.52. The molecule has 2 aromatic rings. The Morgan fingerprint density at radius 2 is 1.74 bits per heavy atom. The first kappa shape index (κ1) is 23.8. The van der Waals surface area contributed by atoms with Gasteiger partial charge in [0.25, 0.3) is 0 Å². The summed E-state index contributed by atoms with van der Waals surface area (Å²) in [6.45, 7) is 2.86. The van der Waals surface area contributed by atoms with Gasteiger partial charge in [-0.2, -0.15) is 0 Å². The molecule has 1 aliphatic carbocycles. The topological polar surface area (TPSA) is 114 Å². The summed E-state index contributed by atoms with van der Waals surface area (Å²) in [5.41, 5.74) is 3.85. The van der Waals surface area contributed by atoms with Crippen LogP contribution in [0.2, 0.25) is 0 Å². The molecule has 1 aliphatic heterocycles. The second-order valence-corrected chi connectivity index (χ2v) is 9.09. The lowest BCUT2D eigenvalue weighted by Gasteiger charge is -2.34. The first-order chi connectivity index (χ1) is 16.4. The van der Waals surface area contributed by atoms with E-state index < -0.39 is 36.0 Å². The number of benzene rings is 2. The van der Waals surface area contributed by atoms with Crippen molar-refractivity contribution in [2.75, 3.05) is 19.8 Å². The Balaban J connectivity index is 1.37. The molecule has 0 radical (unpaired) electrons. The molecule has 2 aliphatic rings. The zero-order valence-electron chi connectivity index (χ0n) is 19.2. The summed E-state index contributed by atoms with van der Waals surface area (Å²) < 4.78 is 11.2. The fourth-order valence-electron chi connectivity index (χ4n) is 4.69. The molecule has 2 amide bonds. The summed E-state index contributed by atoms with van der Waals surface area (Å²) in [5.74, 6) is -1.90. The summed E-state index contributed by atoms with van der Waals surface area (Å²) >= 11 is 0. The van der Waals surface area contributed by atoms with Gasteiger partial charge in [-0.1, -0.05) is 48.5 Å². The Bertz CT molecular complexity index is 1020. The molecule has 2 unspecified atom stereocenters. The molecule has 34 heavy (non-hydrogen) atoms. The number of carbonyl (C=O) groups is 3. The second kappa shape index (κ2) is 10.3. The third-order valence-corrected chi connectivity index (χ3v) is 6.52. The van der Waals surface area contributed by atoms with Crippen molar-refractivity contribution in [2.45, 2.75) is 50.2 Å². The second-order valence-electron chi connectivity index (χ2n) is 9.09. The van der Waals surface area contributed by atoms with E-state index in [0.717, 1.165) is 41.5 Å². The predicted octanol–water partition coefficient (Wildman–Crippen LogP) is 3.44. The van der Waals surface area contributed by atoms with Crippen LogP contribution >= 0.6 is 0 Å². The molecule has 1 saturated heterocycles. The number of hydrogen-bond donors (Lipinski definition) is 3. The van der Waals surface area contributed by atoms with Gasteiger partial charge >= 0.3 is 12.1 Å². The van der Waals surface area contributed by atoms with Crippen LogP contribution in [0.3, 0.4) is 0 Å². The van der Waals surface area contributed by atoms with Crippen molar-refractivity contribution in [2.24, 2.45) is 0 Å². The molecule has 1 heterocycles. The number of fused-ring (bicyclic) bond motifs is 3. The van der Waals surface area contributed by atoms with Gasteiger partial charge in [0, 0.05) is 19.1 Å². The highest BCUT2D eigenvalue weighted by Crippen LogP contribution is 2.44. The maximum Gasteiger partial charge on any atom is 0.407 e. The lowest BCUT2D eigenvalue weighted by Crippen LogP contribution is -2.52. The van der Waals surface area contributed by atoms with Gasteiger partial charge in [0.05, 0.1) is 12.0 Å². The van der Waals surface area contributed by atoms with Crippen LogP contribution < -0.4 is 10.6 Å². The first-order valence-corrected chi connectivity index (χ1v) is 11.6. The Hall–Kier alpha value is -3.39. The molecule has 0 spiro atoms. The Morgan fingerprint density at radius 1 is 1.09 bits per heavy atom. The number of hydrogen-bond acceptors (Lipinski definition) is 5. The van der Waals surface area contributed by atoms with E-state index in [-0.39, 0.29) is 19.1 Å². The van der Waals surface area contributed by atoms with E-state index in [1.807, 2.05) is 55.5 Å². The SMILES string of the molecule is CC1(CNC(=O)C(CC(=O)O)NC(=O)OCC2c3ccccc3-c3ccccc32)CCCCO1. The van der Waals surface area contributed by atoms with Gasteiger partial charge in [0.2, 0.25) is 5.91 Å². The van der Waals surface area contributed by atoms with Crippen molar-refractivity contribution in [3.63, 3.8) is 0 Å². The van der Waals surface area contributed by atoms with Crippen LogP contribution in [0.5, 0.6) is 0 Å². The van der Waals surface area contributed by atoms with E-state index in [1.54, 1.807) is 0 Å². The van der Waals surface area contributed by atoms with Crippen LogP contribution in [-0.2, 0) is 19.1 Å². The van der Waals surface area contributed by atoms with Gasteiger partial charge in [-0.05, 0) is 48.4 Å². The van der Waals surface area contributed by atoms with Crippen LogP contribution in [0.4, 0.5) is 4.79 Å². The predicted molar refractivity (Wildman–Crippen MR) is 125 cm³/mol. The minimum Gasteiger partial charge on any atom is -0.481 e. The molecule has 0 aromatic heterocycles. The van der Waals surface area contributed by atoms with Crippen molar-refractivity contribution in [3.8, 4) is 11.1 Å². The maximum absolute atomic E-state index is 12.7. The molecule has 8 heteroatoms. The zero-order chi connectivity index (χ0) is 24.1. The minimum absolute atomic E-state index is 0.0766. The number of carbonyl (C=O) groups excluding carboxylic acids is 2. The number of rotatable bonds is 8. The standard InChI is InChI=1S/C26H30N2O6/c1-26(12-6-7-13-34-26)16-27-24(31)22(14-23(29)30)28-25(32)33-15-21-19-10-4-2-8-17(19)18-9-3-5-11-20(18)21/h2-5,8-11,21-22H,6-7,12-16H2,1H3,(H,27,31)(H,28,32)(H,29,30). The fraction of sp³-hybridized carbons (Fsp3) is 0.423. The number of nitrogens with one attached hydrogen (secondary N) is 2. The van der Waals surface area contributed by atoms with Gasteiger partial charge in [0.1, 0.15) is 12.6 Å². The van der Waals surface area contributed by atoms with Gasteiger partial charge in [0.15, 0.2) is 0 Å². The fourth-order valence-corrected chi connectivity index (χ4v) is 4.69. The van der Waals surface area contributed by atoms with Crippen molar-refractivity contribution in [1.82, 2.24) is 10.6 Å². The van der Waals surface area contributed by atoms with Crippen molar-refractivity contribution >= 4 is 18.0 Å². The molecular formula is C26H30N2O6. The summed E-state index contributed by atoms with van der Waals surface area (Å²) in [7, 11) is 0.